The molecular weight excluding hydrogens is 616 g/mol. The molecule has 1 aliphatic rings. The molecule has 0 radical (unpaired) electrons. The van der Waals surface area contributed by atoms with E-state index in [9.17, 15) is 23.2 Å². The average molecular weight is 650 g/mol. The SMILES string of the molecule is CN(C)Cc1cccc(-c2cccc(-n3c(=O)n([C@H]4CC[C@@H](NC(=O)c5cn6cc(F)ccc6n5)CC4)c(=O)c4cc(F)cnc43)c2)c1. The van der Waals surface area contributed by atoms with E-state index in [0.29, 0.717) is 37.0 Å². The molecule has 1 N–H and O–H groups in total. The van der Waals surface area contributed by atoms with Crippen LogP contribution in [0.15, 0.2) is 94.9 Å². The third-order valence-electron chi connectivity index (χ3n) is 8.80. The lowest BCUT2D eigenvalue weighted by Crippen LogP contribution is -2.45. The number of hydrogen-bond acceptors (Lipinski definition) is 6. The summed E-state index contributed by atoms with van der Waals surface area (Å²) in [5.74, 6) is -1.50. The number of nitrogens with zero attached hydrogens (tertiary/aromatic N) is 6. The second-order valence-electron chi connectivity index (χ2n) is 12.5. The van der Waals surface area contributed by atoms with Crippen molar-refractivity contribution in [1.29, 1.82) is 0 Å². The van der Waals surface area contributed by atoms with E-state index in [1.54, 1.807) is 6.07 Å². The van der Waals surface area contributed by atoms with E-state index in [4.69, 9.17) is 0 Å². The van der Waals surface area contributed by atoms with Gasteiger partial charge in [-0.1, -0.05) is 30.3 Å². The van der Waals surface area contributed by atoms with Crippen molar-refractivity contribution in [2.45, 2.75) is 44.3 Å². The zero-order chi connectivity index (χ0) is 33.5. The monoisotopic (exact) mass is 649 g/mol. The fourth-order valence-electron chi connectivity index (χ4n) is 6.59. The molecule has 6 aromatic rings. The first-order chi connectivity index (χ1) is 23.1. The highest BCUT2D eigenvalue weighted by Crippen LogP contribution is 2.29. The van der Waals surface area contributed by atoms with Crippen molar-refractivity contribution in [3.8, 4) is 16.8 Å². The van der Waals surface area contributed by atoms with E-state index < -0.39 is 28.9 Å². The number of halogens is 2. The van der Waals surface area contributed by atoms with Crippen LogP contribution >= 0.6 is 0 Å². The van der Waals surface area contributed by atoms with Gasteiger partial charge in [0.2, 0.25) is 0 Å². The molecule has 1 amide bonds. The minimum atomic E-state index is -0.677. The second-order valence-corrected chi connectivity index (χ2v) is 12.5. The molecule has 0 atom stereocenters. The smallest absolute Gasteiger partial charge is 0.337 e. The van der Waals surface area contributed by atoms with Crippen LogP contribution in [0, 0.1) is 11.6 Å². The van der Waals surface area contributed by atoms with Gasteiger partial charge in [0.15, 0.2) is 5.65 Å². The second kappa shape index (κ2) is 12.6. The Morgan fingerprint density at radius 3 is 2.44 bits per heavy atom. The van der Waals surface area contributed by atoms with Crippen molar-refractivity contribution in [2.24, 2.45) is 0 Å². The Labute approximate surface area is 273 Å². The summed E-state index contributed by atoms with van der Waals surface area (Å²) in [6.07, 6.45) is 5.60. The summed E-state index contributed by atoms with van der Waals surface area (Å²) in [6.45, 7) is 0.770. The Balaban J connectivity index is 1.19. The molecule has 1 saturated carbocycles. The summed E-state index contributed by atoms with van der Waals surface area (Å²) in [6, 6.07) is 18.8. The summed E-state index contributed by atoms with van der Waals surface area (Å²) < 4.78 is 32.1. The Bertz CT molecular complexity index is 2300. The summed E-state index contributed by atoms with van der Waals surface area (Å²) in [7, 11) is 4.01. The van der Waals surface area contributed by atoms with Gasteiger partial charge in [-0.3, -0.25) is 14.2 Å². The molecule has 2 aromatic carbocycles. The molecular formula is C36H33F2N7O3. The molecule has 0 unspecified atom stereocenters. The molecule has 4 aromatic heterocycles. The maximum atomic E-state index is 14.5. The highest BCUT2D eigenvalue weighted by Gasteiger charge is 2.28. The lowest BCUT2D eigenvalue weighted by atomic mass is 9.90. The van der Waals surface area contributed by atoms with Gasteiger partial charge in [0.05, 0.1) is 17.3 Å². The van der Waals surface area contributed by atoms with Crippen molar-refractivity contribution >= 4 is 22.6 Å². The fourth-order valence-corrected chi connectivity index (χ4v) is 6.59. The largest absolute Gasteiger partial charge is 0.348 e. The molecule has 1 fully saturated rings. The third kappa shape index (κ3) is 6.02. The van der Waals surface area contributed by atoms with Crippen molar-refractivity contribution in [1.82, 2.24) is 33.7 Å². The third-order valence-corrected chi connectivity index (χ3v) is 8.80. The van der Waals surface area contributed by atoms with E-state index in [2.05, 4.69) is 32.3 Å². The highest BCUT2D eigenvalue weighted by molar-refractivity contribution is 5.93. The van der Waals surface area contributed by atoms with E-state index in [1.807, 2.05) is 44.4 Å². The van der Waals surface area contributed by atoms with Crippen LogP contribution < -0.4 is 16.6 Å². The predicted octanol–water partition coefficient (Wildman–Crippen LogP) is 5.12. The minimum Gasteiger partial charge on any atom is -0.348 e. The normalized spacial score (nSPS) is 16.5. The van der Waals surface area contributed by atoms with Crippen LogP contribution in [0.4, 0.5) is 8.78 Å². The van der Waals surface area contributed by atoms with E-state index in [1.165, 1.54) is 38.1 Å². The number of fused-ring (bicyclic) bond motifs is 2. The Kier molecular flexibility index (Phi) is 8.17. The molecule has 0 spiro atoms. The number of nitrogens with one attached hydrogen (secondary N) is 1. The van der Waals surface area contributed by atoms with Gasteiger partial charge in [0.1, 0.15) is 23.0 Å². The molecule has 10 nitrogen and oxygen atoms in total. The molecule has 0 saturated heterocycles. The number of carbonyl (C=O) groups excluding carboxylic acids is 1. The van der Waals surface area contributed by atoms with Crippen molar-refractivity contribution in [3.05, 3.63) is 129 Å². The lowest BCUT2D eigenvalue weighted by molar-refractivity contribution is 0.0917. The van der Waals surface area contributed by atoms with Crippen LogP contribution in [-0.2, 0) is 6.54 Å². The molecule has 0 aliphatic heterocycles. The molecule has 4 heterocycles. The molecule has 0 bridgehead atoms. The standard InChI is InChI=1S/C36H33F2N7O3/c1-42(2)19-22-5-3-6-23(15-22)24-7-4-8-29(16-24)44-33-30(17-26(38)18-39-33)35(47)45(36(44)48)28-12-10-27(11-13-28)40-34(46)31-21-43-20-25(37)9-14-32(43)41-31/h3-9,14-18,20-21,27-28H,10-13,19H2,1-2H3,(H,40,46)/t27-,28+. The average Bonchev–Trinajstić information content (AvgIpc) is 3.49. The van der Waals surface area contributed by atoms with Crippen LogP contribution in [0.25, 0.3) is 33.5 Å². The number of benzene rings is 2. The quantitative estimate of drug-likeness (QED) is 0.258. The first kappa shape index (κ1) is 31.1. The van der Waals surface area contributed by atoms with Gasteiger partial charge in [-0.05, 0) is 92.9 Å². The van der Waals surface area contributed by atoms with Crippen LogP contribution in [0.2, 0.25) is 0 Å². The maximum absolute atomic E-state index is 14.5. The van der Waals surface area contributed by atoms with Crippen molar-refractivity contribution in [2.75, 3.05) is 14.1 Å². The number of carbonyl (C=O) groups is 1. The molecule has 48 heavy (non-hydrogen) atoms. The van der Waals surface area contributed by atoms with E-state index in [-0.39, 0.29) is 28.7 Å². The zero-order valence-electron chi connectivity index (χ0n) is 26.4. The van der Waals surface area contributed by atoms with Gasteiger partial charge in [-0.25, -0.2) is 28.1 Å². The number of amides is 1. The van der Waals surface area contributed by atoms with Gasteiger partial charge in [0.25, 0.3) is 11.5 Å². The zero-order valence-corrected chi connectivity index (χ0v) is 26.4. The molecule has 1 aliphatic carbocycles. The molecule has 12 heteroatoms. The fraction of sp³-hybridized carbons (Fsp3) is 0.250. The topological polar surface area (TPSA) is 107 Å². The number of rotatable bonds is 7. The summed E-state index contributed by atoms with van der Waals surface area (Å²) >= 11 is 0. The Morgan fingerprint density at radius 2 is 1.67 bits per heavy atom. The molecule has 244 valence electrons. The summed E-state index contributed by atoms with van der Waals surface area (Å²) in [5.41, 5.74) is 3.01. The first-order valence-electron chi connectivity index (χ1n) is 15.8. The van der Waals surface area contributed by atoms with Crippen LogP contribution in [-0.4, -0.2) is 54.4 Å². The summed E-state index contributed by atoms with van der Waals surface area (Å²) in [5, 5.41) is 2.99. The Morgan fingerprint density at radius 1 is 0.917 bits per heavy atom. The highest BCUT2D eigenvalue weighted by atomic mass is 19.1. The van der Waals surface area contributed by atoms with E-state index in [0.717, 1.165) is 35.5 Å². The van der Waals surface area contributed by atoms with Crippen LogP contribution in [0.5, 0.6) is 0 Å². The minimum absolute atomic E-state index is 0.00620. The first-order valence-corrected chi connectivity index (χ1v) is 15.8. The Hall–Kier alpha value is -5.49. The van der Waals surface area contributed by atoms with Gasteiger partial charge in [0, 0.05) is 31.0 Å². The molecule has 7 rings (SSSR count). The van der Waals surface area contributed by atoms with Crippen LogP contribution in [0.1, 0.15) is 47.8 Å². The van der Waals surface area contributed by atoms with Gasteiger partial charge < -0.3 is 14.6 Å². The number of hydrogen-bond donors (Lipinski definition) is 1. The van der Waals surface area contributed by atoms with Gasteiger partial charge in [-0.15, -0.1) is 0 Å². The van der Waals surface area contributed by atoms with Crippen molar-refractivity contribution < 1.29 is 13.6 Å². The van der Waals surface area contributed by atoms with E-state index >= 15 is 0 Å². The van der Waals surface area contributed by atoms with Crippen molar-refractivity contribution in [3.63, 3.8) is 0 Å². The number of pyridine rings is 2. The summed E-state index contributed by atoms with van der Waals surface area (Å²) in [4.78, 5) is 51.6. The van der Waals surface area contributed by atoms with Gasteiger partial charge >= 0.3 is 5.69 Å². The lowest BCUT2D eigenvalue weighted by Gasteiger charge is -2.30. The van der Waals surface area contributed by atoms with Crippen LogP contribution in [0.3, 0.4) is 0 Å². The van der Waals surface area contributed by atoms with Gasteiger partial charge in [-0.2, -0.15) is 0 Å². The maximum Gasteiger partial charge on any atom is 0.337 e. The number of imidazole rings is 1. The number of aromatic nitrogens is 5. The predicted molar refractivity (Wildman–Crippen MR) is 178 cm³/mol.